The lowest BCUT2D eigenvalue weighted by Crippen LogP contribution is -2.37. The number of hydrogen-bond donors (Lipinski definition) is 0. The van der Waals surface area contributed by atoms with E-state index < -0.39 is 0 Å². The van der Waals surface area contributed by atoms with Gasteiger partial charge in [-0.2, -0.15) is 0 Å². The summed E-state index contributed by atoms with van der Waals surface area (Å²) >= 11 is 0. The minimum absolute atomic E-state index is 1.11. The van der Waals surface area contributed by atoms with Crippen LogP contribution in [-0.2, 0) is 0 Å². The van der Waals surface area contributed by atoms with E-state index >= 15 is 0 Å². The average Bonchev–Trinajstić information content (AvgIpc) is 2.28. The third-order valence-electron chi connectivity index (χ3n) is 3.34. The standard InChI is InChI=1S/C15H16N2/c1-12-14(13-6-3-2-4-7-13)8-9-15(16-12)17-10-5-11-17/h2-4,6-9H,5,10-11H2,1H3. The van der Waals surface area contributed by atoms with E-state index in [2.05, 4.69) is 48.2 Å². The highest BCUT2D eigenvalue weighted by molar-refractivity contribution is 5.67. The molecule has 2 aromatic rings. The number of rotatable bonds is 2. The van der Waals surface area contributed by atoms with Gasteiger partial charge in [0.1, 0.15) is 5.82 Å². The highest BCUT2D eigenvalue weighted by Crippen LogP contribution is 2.26. The molecular formula is C15H16N2. The Bertz CT molecular complexity index is 516. The molecule has 2 heteroatoms. The second-order valence-electron chi connectivity index (χ2n) is 4.51. The van der Waals surface area contributed by atoms with Crippen molar-refractivity contribution in [2.45, 2.75) is 13.3 Å². The Kier molecular flexibility index (Phi) is 2.56. The molecule has 0 unspecified atom stereocenters. The number of nitrogens with zero attached hydrogens (tertiary/aromatic N) is 2. The summed E-state index contributed by atoms with van der Waals surface area (Å²) in [6.45, 7) is 4.39. The predicted molar refractivity (Wildman–Crippen MR) is 71.2 cm³/mol. The summed E-state index contributed by atoms with van der Waals surface area (Å²) in [5.74, 6) is 1.12. The van der Waals surface area contributed by atoms with Gasteiger partial charge in [0.25, 0.3) is 0 Å². The van der Waals surface area contributed by atoms with Gasteiger partial charge in [0, 0.05) is 24.3 Å². The maximum Gasteiger partial charge on any atom is 0.128 e. The van der Waals surface area contributed by atoms with Gasteiger partial charge in [-0.1, -0.05) is 30.3 Å². The summed E-state index contributed by atoms with van der Waals surface area (Å²) in [6, 6.07) is 14.8. The van der Waals surface area contributed by atoms with Crippen LogP contribution in [0.5, 0.6) is 0 Å². The molecule has 0 N–H and O–H groups in total. The second-order valence-corrected chi connectivity index (χ2v) is 4.51. The van der Waals surface area contributed by atoms with Gasteiger partial charge in [-0.15, -0.1) is 0 Å². The van der Waals surface area contributed by atoms with Crippen molar-refractivity contribution in [1.29, 1.82) is 0 Å². The minimum atomic E-state index is 1.11. The number of aryl methyl sites for hydroxylation is 1. The Balaban J connectivity index is 1.96. The van der Waals surface area contributed by atoms with Gasteiger partial charge < -0.3 is 4.90 Å². The number of aromatic nitrogens is 1. The molecule has 1 aromatic carbocycles. The van der Waals surface area contributed by atoms with Crippen LogP contribution in [0, 0.1) is 6.92 Å². The van der Waals surface area contributed by atoms with Crippen LogP contribution in [-0.4, -0.2) is 18.1 Å². The van der Waals surface area contributed by atoms with Gasteiger partial charge in [-0.25, -0.2) is 4.98 Å². The number of benzene rings is 1. The molecule has 1 fully saturated rings. The van der Waals surface area contributed by atoms with Crippen LogP contribution >= 0.6 is 0 Å². The third kappa shape index (κ3) is 1.91. The molecule has 0 radical (unpaired) electrons. The van der Waals surface area contributed by atoms with E-state index in [1.807, 2.05) is 6.07 Å². The molecule has 0 bridgehead atoms. The van der Waals surface area contributed by atoms with E-state index in [0.29, 0.717) is 0 Å². The zero-order chi connectivity index (χ0) is 11.7. The van der Waals surface area contributed by atoms with Crippen molar-refractivity contribution in [2.75, 3.05) is 18.0 Å². The monoisotopic (exact) mass is 224 g/mol. The maximum absolute atomic E-state index is 4.70. The lowest BCUT2D eigenvalue weighted by Gasteiger charge is -2.32. The van der Waals surface area contributed by atoms with E-state index in [4.69, 9.17) is 4.98 Å². The van der Waals surface area contributed by atoms with E-state index in [0.717, 1.165) is 24.6 Å². The van der Waals surface area contributed by atoms with Crippen molar-refractivity contribution in [2.24, 2.45) is 0 Å². The molecule has 86 valence electrons. The summed E-state index contributed by atoms with van der Waals surface area (Å²) in [6.07, 6.45) is 1.29. The largest absolute Gasteiger partial charge is 0.356 e. The molecular weight excluding hydrogens is 208 g/mol. The van der Waals surface area contributed by atoms with Crippen molar-refractivity contribution < 1.29 is 0 Å². The highest BCUT2D eigenvalue weighted by atomic mass is 15.2. The fraction of sp³-hybridized carbons (Fsp3) is 0.267. The molecule has 1 saturated heterocycles. The first-order chi connectivity index (χ1) is 8.34. The average molecular weight is 224 g/mol. The number of pyridine rings is 1. The quantitative estimate of drug-likeness (QED) is 0.778. The summed E-state index contributed by atoms with van der Waals surface area (Å²) in [7, 11) is 0. The van der Waals surface area contributed by atoms with E-state index in [9.17, 15) is 0 Å². The van der Waals surface area contributed by atoms with Crippen LogP contribution in [0.3, 0.4) is 0 Å². The zero-order valence-corrected chi connectivity index (χ0v) is 10.1. The molecule has 0 atom stereocenters. The first-order valence-corrected chi connectivity index (χ1v) is 6.12. The van der Waals surface area contributed by atoms with Gasteiger partial charge in [0.05, 0.1) is 0 Å². The van der Waals surface area contributed by atoms with Gasteiger partial charge in [-0.05, 0) is 31.0 Å². The molecule has 0 aliphatic carbocycles. The van der Waals surface area contributed by atoms with Crippen LogP contribution in [0.4, 0.5) is 5.82 Å². The van der Waals surface area contributed by atoms with E-state index in [-0.39, 0.29) is 0 Å². The topological polar surface area (TPSA) is 16.1 Å². The van der Waals surface area contributed by atoms with Crippen molar-refractivity contribution in [3.8, 4) is 11.1 Å². The Hall–Kier alpha value is -1.83. The second kappa shape index (κ2) is 4.21. The number of anilines is 1. The van der Waals surface area contributed by atoms with Crippen molar-refractivity contribution >= 4 is 5.82 Å². The first kappa shape index (κ1) is 10.3. The Morgan fingerprint density at radius 2 is 1.76 bits per heavy atom. The van der Waals surface area contributed by atoms with Gasteiger partial charge >= 0.3 is 0 Å². The summed E-state index contributed by atoms with van der Waals surface area (Å²) in [5.41, 5.74) is 3.59. The normalized spacial score (nSPS) is 14.5. The Morgan fingerprint density at radius 1 is 1.00 bits per heavy atom. The first-order valence-electron chi connectivity index (χ1n) is 6.12. The van der Waals surface area contributed by atoms with Gasteiger partial charge in [-0.3, -0.25) is 0 Å². The van der Waals surface area contributed by atoms with Crippen LogP contribution < -0.4 is 4.90 Å². The molecule has 0 amide bonds. The van der Waals surface area contributed by atoms with E-state index in [1.54, 1.807) is 0 Å². The summed E-state index contributed by atoms with van der Waals surface area (Å²) in [5, 5.41) is 0. The summed E-state index contributed by atoms with van der Waals surface area (Å²) < 4.78 is 0. The van der Waals surface area contributed by atoms with Crippen molar-refractivity contribution in [3.63, 3.8) is 0 Å². The minimum Gasteiger partial charge on any atom is -0.356 e. The molecule has 1 aliphatic rings. The third-order valence-corrected chi connectivity index (χ3v) is 3.34. The van der Waals surface area contributed by atoms with Crippen LogP contribution in [0.2, 0.25) is 0 Å². The molecule has 0 spiro atoms. The molecule has 3 rings (SSSR count). The van der Waals surface area contributed by atoms with Crippen LogP contribution in [0.1, 0.15) is 12.1 Å². The highest BCUT2D eigenvalue weighted by Gasteiger charge is 2.16. The molecule has 17 heavy (non-hydrogen) atoms. The lowest BCUT2D eigenvalue weighted by atomic mass is 10.0. The Labute approximate surface area is 102 Å². The molecule has 1 aromatic heterocycles. The summed E-state index contributed by atoms with van der Waals surface area (Å²) in [4.78, 5) is 7.02. The fourth-order valence-electron chi connectivity index (χ4n) is 2.19. The lowest BCUT2D eigenvalue weighted by molar-refractivity contribution is 0.609. The molecule has 2 heterocycles. The van der Waals surface area contributed by atoms with Crippen molar-refractivity contribution in [3.05, 3.63) is 48.2 Å². The van der Waals surface area contributed by atoms with Gasteiger partial charge in [0.2, 0.25) is 0 Å². The molecule has 2 nitrogen and oxygen atoms in total. The molecule has 1 aliphatic heterocycles. The van der Waals surface area contributed by atoms with E-state index in [1.165, 1.54) is 17.5 Å². The van der Waals surface area contributed by atoms with Crippen LogP contribution in [0.25, 0.3) is 11.1 Å². The predicted octanol–water partition coefficient (Wildman–Crippen LogP) is 3.27. The number of hydrogen-bond acceptors (Lipinski definition) is 2. The zero-order valence-electron chi connectivity index (χ0n) is 10.1. The Morgan fingerprint density at radius 3 is 2.35 bits per heavy atom. The van der Waals surface area contributed by atoms with Crippen molar-refractivity contribution in [1.82, 2.24) is 4.98 Å². The smallest absolute Gasteiger partial charge is 0.128 e. The fourth-order valence-corrected chi connectivity index (χ4v) is 2.19. The van der Waals surface area contributed by atoms with Gasteiger partial charge in [0.15, 0.2) is 0 Å². The molecule has 0 saturated carbocycles. The maximum atomic E-state index is 4.70. The van der Waals surface area contributed by atoms with Crippen LogP contribution in [0.15, 0.2) is 42.5 Å². The SMILES string of the molecule is Cc1nc(N2CCC2)ccc1-c1ccccc1.